The Morgan fingerprint density at radius 3 is 2.31 bits per heavy atom. The second-order valence-electron chi connectivity index (χ2n) is 13.5. The van der Waals surface area contributed by atoms with E-state index < -0.39 is 5.60 Å². The quantitative estimate of drug-likeness (QED) is 0.540. The van der Waals surface area contributed by atoms with Gasteiger partial charge in [-0.15, -0.1) is 0 Å². The molecule has 5 fully saturated rings. The fourth-order valence-electron chi connectivity index (χ4n) is 10.3. The Morgan fingerprint density at radius 1 is 0.875 bits per heavy atom. The number of aliphatic hydroxyl groups excluding tert-OH is 1. The lowest BCUT2D eigenvalue weighted by molar-refractivity contribution is -0.155. The fourth-order valence-corrected chi connectivity index (χ4v) is 10.3. The van der Waals surface area contributed by atoms with E-state index in [2.05, 4.69) is 27.7 Å². The molecule has 1 heterocycles. The van der Waals surface area contributed by atoms with Gasteiger partial charge in [-0.3, -0.25) is 0 Å². The Bertz CT molecular complexity index is 673. The smallest absolute Gasteiger partial charge is 0.0648 e. The number of rotatable bonds is 4. The van der Waals surface area contributed by atoms with E-state index in [1.54, 1.807) is 0 Å². The lowest BCUT2D eigenvalue weighted by atomic mass is 9.43. The SMILES string of the molecule is CC[C@]1(O)CC[C@@]2(C)[C@@H](CC[C@@H]3[C@@H]2CC[C@]2(C)[C@@H]([C@H](C)C(O)C4CCOCC4)CC[C@@H]32)C1. The van der Waals surface area contributed by atoms with E-state index in [9.17, 15) is 10.2 Å². The van der Waals surface area contributed by atoms with Crippen molar-refractivity contribution in [2.24, 2.45) is 52.3 Å². The molecule has 32 heavy (non-hydrogen) atoms. The van der Waals surface area contributed by atoms with Crippen molar-refractivity contribution in [3.8, 4) is 0 Å². The molecule has 0 aromatic rings. The largest absolute Gasteiger partial charge is 0.393 e. The van der Waals surface area contributed by atoms with Crippen LogP contribution in [0.25, 0.3) is 0 Å². The molecule has 4 aliphatic carbocycles. The van der Waals surface area contributed by atoms with E-state index in [1.165, 1.54) is 44.9 Å². The minimum atomic E-state index is -0.394. The van der Waals surface area contributed by atoms with E-state index in [0.29, 0.717) is 28.6 Å². The van der Waals surface area contributed by atoms with Crippen LogP contribution in [-0.2, 0) is 4.74 Å². The summed E-state index contributed by atoms with van der Waals surface area (Å²) in [5, 5.41) is 22.4. The number of aliphatic hydroxyl groups is 2. The van der Waals surface area contributed by atoms with Crippen LogP contribution in [0, 0.1) is 52.3 Å². The van der Waals surface area contributed by atoms with Crippen LogP contribution in [0.4, 0.5) is 0 Å². The molecule has 0 aromatic carbocycles. The standard InChI is InChI=1S/C29H50O3/c1-5-29(31)15-14-27(3)21(18-29)6-7-22-24-9-8-23(28(24,4)13-10-25(22)27)19(2)26(30)20-11-16-32-17-12-20/h19-26,30-31H,5-18H2,1-4H3/t19-,21-,22-,23+,24-,25-,26?,27-,28+,29-/m0/s1. The average Bonchev–Trinajstić information content (AvgIpc) is 3.16. The molecule has 10 atom stereocenters. The van der Waals surface area contributed by atoms with Crippen LogP contribution in [0.2, 0.25) is 0 Å². The number of ether oxygens (including phenoxy) is 1. The van der Waals surface area contributed by atoms with Gasteiger partial charge in [-0.1, -0.05) is 27.7 Å². The van der Waals surface area contributed by atoms with E-state index in [4.69, 9.17) is 4.74 Å². The molecule has 1 unspecified atom stereocenters. The van der Waals surface area contributed by atoms with Crippen LogP contribution in [0.1, 0.15) is 105 Å². The average molecular weight is 447 g/mol. The van der Waals surface area contributed by atoms with Crippen molar-refractivity contribution in [3.05, 3.63) is 0 Å². The highest BCUT2D eigenvalue weighted by Gasteiger charge is 2.61. The zero-order valence-corrected chi connectivity index (χ0v) is 21.3. The third kappa shape index (κ3) is 3.63. The van der Waals surface area contributed by atoms with Gasteiger partial charge in [0.05, 0.1) is 11.7 Å². The molecule has 3 nitrogen and oxygen atoms in total. The van der Waals surface area contributed by atoms with Crippen LogP contribution in [0.15, 0.2) is 0 Å². The Labute approximate surface area is 197 Å². The van der Waals surface area contributed by atoms with Gasteiger partial charge in [0.2, 0.25) is 0 Å². The molecule has 0 spiro atoms. The molecule has 5 aliphatic rings. The van der Waals surface area contributed by atoms with Crippen LogP contribution in [0.3, 0.4) is 0 Å². The topological polar surface area (TPSA) is 49.7 Å². The van der Waals surface area contributed by atoms with Gasteiger partial charge in [-0.25, -0.2) is 0 Å². The zero-order chi connectivity index (χ0) is 22.7. The minimum Gasteiger partial charge on any atom is -0.393 e. The number of hydrogen-bond donors (Lipinski definition) is 2. The third-order valence-corrected chi connectivity index (χ3v) is 12.5. The van der Waals surface area contributed by atoms with Crippen LogP contribution in [-0.4, -0.2) is 35.1 Å². The summed E-state index contributed by atoms with van der Waals surface area (Å²) < 4.78 is 5.57. The first-order chi connectivity index (χ1) is 15.2. The molecule has 2 N–H and O–H groups in total. The molecule has 1 aliphatic heterocycles. The maximum Gasteiger partial charge on any atom is 0.0648 e. The first-order valence-corrected chi connectivity index (χ1v) is 14.2. The van der Waals surface area contributed by atoms with E-state index >= 15 is 0 Å². The highest BCUT2D eigenvalue weighted by atomic mass is 16.5. The highest BCUT2D eigenvalue weighted by molar-refractivity contribution is 5.11. The van der Waals surface area contributed by atoms with Crippen molar-refractivity contribution in [3.63, 3.8) is 0 Å². The second-order valence-corrected chi connectivity index (χ2v) is 13.5. The van der Waals surface area contributed by atoms with Gasteiger partial charge < -0.3 is 14.9 Å². The molecule has 1 saturated heterocycles. The van der Waals surface area contributed by atoms with Gasteiger partial charge >= 0.3 is 0 Å². The van der Waals surface area contributed by atoms with Gasteiger partial charge in [0.1, 0.15) is 0 Å². The predicted molar refractivity (Wildman–Crippen MR) is 129 cm³/mol. The van der Waals surface area contributed by atoms with E-state index in [1.807, 2.05) is 0 Å². The normalized spacial score (nSPS) is 51.4. The van der Waals surface area contributed by atoms with Crippen molar-refractivity contribution in [1.29, 1.82) is 0 Å². The summed E-state index contributed by atoms with van der Waals surface area (Å²) >= 11 is 0. The van der Waals surface area contributed by atoms with Crippen molar-refractivity contribution < 1.29 is 14.9 Å². The summed E-state index contributed by atoms with van der Waals surface area (Å²) in [4.78, 5) is 0. The van der Waals surface area contributed by atoms with Crippen LogP contribution < -0.4 is 0 Å². The van der Waals surface area contributed by atoms with Crippen molar-refractivity contribution in [2.75, 3.05) is 13.2 Å². The summed E-state index contributed by atoms with van der Waals surface area (Å²) in [5.41, 5.74) is 0.458. The van der Waals surface area contributed by atoms with Gasteiger partial charge in [-0.05, 0) is 129 Å². The first-order valence-electron chi connectivity index (χ1n) is 14.2. The Kier molecular flexibility index (Phi) is 6.29. The molecule has 4 saturated carbocycles. The Hall–Kier alpha value is -0.120. The Morgan fingerprint density at radius 2 is 1.59 bits per heavy atom. The highest BCUT2D eigenvalue weighted by Crippen LogP contribution is 2.69. The number of hydrogen-bond acceptors (Lipinski definition) is 3. The molecule has 0 bridgehead atoms. The molecular weight excluding hydrogens is 396 g/mol. The Balaban J connectivity index is 1.32. The summed E-state index contributed by atoms with van der Waals surface area (Å²) in [7, 11) is 0. The van der Waals surface area contributed by atoms with Gasteiger partial charge in [-0.2, -0.15) is 0 Å². The van der Waals surface area contributed by atoms with Crippen LogP contribution >= 0.6 is 0 Å². The first kappa shape index (κ1) is 23.6. The summed E-state index contributed by atoms with van der Waals surface area (Å²) in [6.07, 6.45) is 14.3. The minimum absolute atomic E-state index is 0.157. The maximum absolute atomic E-state index is 11.3. The summed E-state index contributed by atoms with van der Waals surface area (Å²) in [5.74, 6) is 4.82. The van der Waals surface area contributed by atoms with Crippen molar-refractivity contribution in [1.82, 2.24) is 0 Å². The molecule has 5 rings (SSSR count). The molecule has 3 heteroatoms. The molecule has 0 amide bonds. The van der Waals surface area contributed by atoms with E-state index in [0.717, 1.165) is 69.0 Å². The third-order valence-electron chi connectivity index (χ3n) is 12.5. The fraction of sp³-hybridized carbons (Fsp3) is 1.00. The van der Waals surface area contributed by atoms with E-state index in [-0.39, 0.29) is 6.10 Å². The second kappa shape index (κ2) is 8.52. The predicted octanol–water partition coefficient (Wildman–Crippen LogP) is 6.21. The van der Waals surface area contributed by atoms with Crippen LogP contribution in [0.5, 0.6) is 0 Å². The molecule has 184 valence electrons. The van der Waals surface area contributed by atoms with Crippen molar-refractivity contribution >= 4 is 0 Å². The lowest BCUT2D eigenvalue weighted by Crippen LogP contribution is -2.56. The molecule has 0 radical (unpaired) electrons. The van der Waals surface area contributed by atoms with Gasteiger partial charge in [0, 0.05) is 13.2 Å². The summed E-state index contributed by atoms with van der Waals surface area (Å²) in [6.45, 7) is 11.4. The summed E-state index contributed by atoms with van der Waals surface area (Å²) in [6, 6.07) is 0. The monoisotopic (exact) mass is 446 g/mol. The zero-order valence-electron chi connectivity index (χ0n) is 21.3. The molecular formula is C29H50O3. The maximum atomic E-state index is 11.3. The van der Waals surface area contributed by atoms with Gasteiger partial charge in [0.25, 0.3) is 0 Å². The number of fused-ring (bicyclic) bond motifs is 5. The van der Waals surface area contributed by atoms with Gasteiger partial charge in [0.15, 0.2) is 0 Å². The van der Waals surface area contributed by atoms with Crippen molar-refractivity contribution in [2.45, 2.75) is 116 Å². The lowest BCUT2D eigenvalue weighted by Gasteiger charge is -2.62. The molecule has 0 aromatic heterocycles.